The third-order valence-corrected chi connectivity index (χ3v) is 5.68. The van der Waals surface area contributed by atoms with Gasteiger partial charge in [-0.15, -0.1) is 22.7 Å². The average molecular weight is 514 g/mol. The van der Waals surface area contributed by atoms with Crippen LogP contribution >= 0.6 is 56.6 Å². The van der Waals surface area contributed by atoms with E-state index in [2.05, 4.69) is 34.0 Å². The van der Waals surface area contributed by atoms with Crippen LogP contribution in [0.1, 0.15) is 17.1 Å². The topological polar surface area (TPSA) is 55.8 Å². The van der Waals surface area contributed by atoms with Crippen molar-refractivity contribution in [2.45, 2.75) is 7.43 Å². The van der Waals surface area contributed by atoms with Gasteiger partial charge < -0.3 is 14.6 Å². The number of rotatable bonds is 3. The molecule has 0 aliphatic heterocycles. The molecule has 0 saturated carbocycles. The van der Waals surface area contributed by atoms with Crippen LogP contribution in [0.2, 0.25) is 0 Å². The first-order valence-electron chi connectivity index (χ1n) is 6.49. The second-order valence-corrected chi connectivity index (χ2v) is 8.36. The number of carbonyl (C=O) groups excluding carboxylic acids is 1. The van der Waals surface area contributed by atoms with Gasteiger partial charge in [-0.25, -0.2) is 0 Å². The Morgan fingerprint density at radius 1 is 0.960 bits per heavy atom. The van der Waals surface area contributed by atoms with Crippen LogP contribution in [0.5, 0.6) is 10.1 Å². The highest BCUT2D eigenvalue weighted by Gasteiger charge is 1.95. The summed E-state index contributed by atoms with van der Waals surface area (Å²) in [6, 6.07) is 11.5. The second-order valence-electron chi connectivity index (χ2n) is 3.53. The molecule has 140 valence electrons. The average Bonchev–Trinajstić information content (AvgIpc) is 3.39. The Labute approximate surface area is 175 Å². The Kier molecular flexibility index (Phi) is 18.8. The summed E-state index contributed by atoms with van der Waals surface area (Å²) < 4.78 is 11.1. The van der Waals surface area contributed by atoms with Crippen molar-refractivity contribution < 1.29 is 19.4 Å². The minimum atomic E-state index is 0. The number of aliphatic hydroxyl groups is 1. The summed E-state index contributed by atoms with van der Waals surface area (Å²) in [5, 5.41) is 12.8. The van der Waals surface area contributed by atoms with Crippen LogP contribution in [0.25, 0.3) is 0 Å². The number of ether oxygens (including phenoxy) is 2. The fourth-order valence-corrected chi connectivity index (χ4v) is 3.42. The van der Waals surface area contributed by atoms with E-state index in [1.807, 2.05) is 23.6 Å². The van der Waals surface area contributed by atoms with Crippen molar-refractivity contribution in [1.29, 1.82) is 0 Å². The molecule has 0 aromatic carbocycles. The number of carbonyl (C=O) groups is 1. The van der Waals surface area contributed by atoms with E-state index >= 15 is 0 Å². The lowest BCUT2D eigenvalue weighted by Gasteiger charge is -1.87. The summed E-state index contributed by atoms with van der Waals surface area (Å²) in [7, 11) is 4.26. The van der Waals surface area contributed by atoms with E-state index < -0.39 is 0 Å². The third-order valence-electron chi connectivity index (χ3n) is 2.10. The van der Waals surface area contributed by atoms with Crippen LogP contribution < -0.4 is 9.47 Å². The Bertz CT molecular complexity index is 622. The molecule has 3 aromatic heterocycles. The molecule has 3 aromatic rings. The van der Waals surface area contributed by atoms with Crippen LogP contribution in [0, 0.1) is 2.88 Å². The fourth-order valence-electron chi connectivity index (χ4n) is 1.15. The maximum Gasteiger partial charge on any atom is 0.173 e. The molecule has 25 heavy (non-hydrogen) atoms. The zero-order valence-corrected chi connectivity index (χ0v) is 18.1. The summed E-state index contributed by atoms with van der Waals surface area (Å²) in [5.74, 6) is 0. The number of halogens is 1. The van der Waals surface area contributed by atoms with Gasteiger partial charge >= 0.3 is 0 Å². The molecule has 0 fully saturated rings. The van der Waals surface area contributed by atoms with E-state index in [4.69, 9.17) is 14.6 Å². The minimum Gasteiger partial charge on any atom is -0.487 e. The largest absolute Gasteiger partial charge is 0.487 e. The molecule has 3 heterocycles. The maximum absolute atomic E-state index is 10.1. The lowest BCUT2D eigenvalue weighted by molar-refractivity contribution is 0.112. The SMILES string of the molecule is C.CO.COc1ccc(C=O)s1.COc1cccs1.Ic1cccs1. The first kappa shape index (κ1) is 26.3. The van der Waals surface area contributed by atoms with Gasteiger partial charge in [-0.1, -0.05) is 24.8 Å². The Hall–Kier alpha value is -0.940. The van der Waals surface area contributed by atoms with Crippen molar-refractivity contribution in [2.75, 3.05) is 21.3 Å². The van der Waals surface area contributed by atoms with Crippen LogP contribution in [0.4, 0.5) is 0 Å². The van der Waals surface area contributed by atoms with Gasteiger partial charge in [0.1, 0.15) is 0 Å². The van der Waals surface area contributed by atoms with E-state index in [0.29, 0.717) is 4.88 Å². The molecule has 0 radical (unpaired) electrons. The van der Waals surface area contributed by atoms with Gasteiger partial charge in [-0.05, 0) is 63.7 Å². The fraction of sp³-hybridized carbons (Fsp3) is 0.235. The van der Waals surface area contributed by atoms with Gasteiger partial charge in [-0.3, -0.25) is 4.79 Å². The molecule has 8 heteroatoms. The lowest BCUT2D eigenvalue weighted by atomic mass is 10.5. The molecule has 1 N–H and O–H groups in total. The van der Waals surface area contributed by atoms with Crippen LogP contribution in [-0.2, 0) is 0 Å². The third kappa shape index (κ3) is 13.0. The normalized spacial score (nSPS) is 8.04. The molecule has 0 spiro atoms. The Balaban J connectivity index is 0. The predicted molar refractivity (Wildman–Crippen MR) is 119 cm³/mol. The Morgan fingerprint density at radius 3 is 1.80 bits per heavy atom. The number of hydrogen-bond acceptors (Lipinski definition) is 7. The smallest absolute Gasteiger partial charge is 0.173 e. The highest BCUT2D eigenvalue weighted by Crippen LogP contribution is 2.21. The molecule has 0 amide bonds. The number of aliphatic hydroxyl groups excluding tert-OH is 1. The van der Waals surface area contributed by atoms with Crippen molar-refractivity contribution >= 4 is 62.9 Å². The lowest BCUT2D eigenvalue weighted by Crippen LogP contribution is -1.73. The van der Waals surface area contributed by atoms with Gasteiger partial charge in [0.2, 0.25) is 0 Å². The molecule has 0 bridgehead atoms. The highest BCUT2D eigenvalue weighted by molar-refractivity contribution is 14.1. The summed E-state index contributed by atoms with van der Waals surface area (Å²) in [5.41, 5.74) is 0. The molecule has 0 aliphatic carbocycles. The van der Waals surface area contributed by atoms with Crippen molar-refractivity contribution in [3.8, 4) is 10.1 Å². The summed E-state index contributed by atoms with van der Waals surface area (Å²) in [6.45, 7) is 0. The van der Waals surface area contributed by atoms with Gasteiger partial charge in [-0.2, -0.15) is 0 Å². The van der Waals surface area contributed by atoms with Crippen molar-refractivity contribution in [3.05, 3.63) is 54.9 Å². The number of aldehydes is 1. The van der Waals surface area contributed by atoms with Crippen molar-refractivity contribution in [2.24, 2.45) is 0 Å². The maximum atomic E-state index is 10.1. The van der Waals surface area contributed by atoms with E-state index in [0.717, 1.165) is 23.5 Å². The minimum absolute atomic E-state index is 0. The first-order chi connectivity index (χ1) is 11.7. The predicted octanol–water partition coefficient (Wildman–Crippen LogP) is 5.92. The van der Waals surface area contributed by atoms with E-state index in [1.54, 1.807) is 49.0 Å². The molecule has 3 rings (SSSR count). The quantitative estimate of drug-likeness (QED) is 0.348. The molecule has 0 aliphatic rings. The number of thiophene rings is 3. The molecule has 4 nitrogen and oxygen atoms in total. The molecular formula is C17H23IO4S3. The molecule has 0 saturated heterocycles. The molecular weight excluding hydrogens is 491 g/mol. The van der Waals surface area contributed by atoms with Gasteiger partial charge in [0, 0.05) is 7.11 Å². The standard InChI is InChI=1S/C6H6O2S.C5H6OS.C4H3IS.CH4O.CH4/c1-8-6-3-2-5(4-7)9-6;1-6-5-3-2-4-7-5;5-4-2-1-3-6-4;1-2;/h2-4H,1H3;2-4H,1H3;1-3H;2H,1H3;1H4. The first-order valence-corrected chi connectivity index (χ1v) is 10.1. The van der Waals surface area contributed by atoms with E-state index in [9.17, 15) is 4.79 Å². The van der Waals surface area contributed by atoms with Crippen LogP contribution in [0.3, 0.4) is 0 Å². The second kappa shape index (κ2) is 17.9. The van der Waals surface area contributed by atoms with E-state index in [1.165, 1.54) is 14.2 Å². The number of methoxy groups -OCH3 is 2. The van der Waals surface area contributed by atoms with Gasteiger partial charge in [0.25, 0.3) is 0 Å². The van der Waals surface area contributed by atoms with Crippen molar-refractivity contribution in [3.63, 3.8) is 0 Å². The number of hydrogen-bond donors (Lipinski definition) is 1. The Morgan fingerprint density at radius 2 is 1.56 bits per heavy atom. The molecule has 0 atom stereocenters. The van der Waals surface area contributed by atoms with Crippen LogP contribution in [0.15, 0.2) is 47.2 Å². The van der Waals surface area contributed by atoms with Gasteiger partial charge in [0.05, 0.1) is 22.0 Å². The summed E-state index contributed by atoms with van der Waals surface area (Å²) in [6.07, 6.45) is 0.813. The van der Waals surface area contributed by atoms with E-state index in [-0.39, 0.29) is 7.43 Å². The zero-order chi connectivity index (χ0) is 18.2. The van der Waals surface area contributed by atoms with Crippen LogP contribution in [-0.4, -0.2) is 32.7 Å². The summed E-state index contributed by atoms with van der Waals surface area (Å²) >= 11 is 7.00. The van der Waals surface area contributed by atoms with Crippen molar-refractivity contribution in [1.82, 2.24) is 0 Å². The summed E-state index contributed by atoms with van der Waals surface area (Å²) in [4.78, 5) is 10.8. The van der Waals surface area contributed by atoms with Gasteiger partial charge in [0.15, 0.2) is 16.4 Å². The monoisotopic (exact) mass is 514 g/mol. The molecule has 0 unspecified atom stereocenters. The highest BCUT2D eigenvalue weighted by atomic mass is 127. The zero-order valence-electron chi connectivity index (χ0n) is 13.5.